The summed E-state index contributed by atoms with van der Waals surface area (Å²) in [6, 6.07) is 5.09. The first-order valence-corrected chi connectivity index (χ1v) is 5.12. The van der Waals surface area contributed by atoms with E-state index in [-0.39, 0.29) is 5.75 Å². The van der Waals surface area contributed by atoms with E-state index in [4.69, 9.17) is 5.73 Å². The summed E-state index contributed by atoms with van der Waals surface area (Å²) in [6.07, 6.45) is 0. The van der Waals surface area contributed by atoms with Crippen LogP contribution in [-0.4, -0.2) is 19.9 Å². The largest absolute Gasteiger partial charge is 0.506 e. The summed E-state index contributed by atoms with van der Waals surface area (Å²) < 4.78 is 1.98. The fourth-order valence-corrected chi connectivity index (χ4v) is 1.66. The number of benzene rings is 1. The Labute approximate surface area is 93.5 Å². The minimum absolute atomic E-state index is 0.0702. The lowest BCUT2D eigenvalue weighted by atomic mass is 10.2. The van der Waals surface area contributed by atoms with E-state index >= 15 is 0 Å². The van der Waals surface area contributed by atoms with Gasteiger partial charge in [-0.15, -0.1) is 10.2 Å². The van der Waals surface area contributed by atoms with Crippen molar-refractivity contribution in [2.45, 2.75) is 20.4 Å². The number of rotatable bonds is 2. The van der Waals surface area contributed by atoms with Crippen LogP contribution < -0.4 is 5.73 Å². The molecule has 2 rings (SSSR count). The molecule has 0 radical (unpaired) electrons. The van der Waals surface area contributed by atoms with Gasteiger partial charge in [0.2, 0.25) is 0 Å². The van der Waals surface area contributed by atoms with Crippen molar-refractivity contribution in [3.8, 4) is 17.1 Å². The van der Waals surface area contributed by atoms with Gasteiger partial charge in [0.25, 0.3) is 0 Å². The molecule has 0 aliphatic carbocycles. The minimum Gasteiger partial charge on any atom is -0.506 e. The molecule has 5 heteroatoms. The molecule has 0 bridgehead atoms. The van der Waals surface area contributed by atoms with Crippen LogP contribution in [0.2, 0.25) is 0 Å². The van der Waals surface area contributed by atoms with Crippen molar-refractivity contribution in [3.63, 3.8) is 0 Å². The number of aromatic nitrogens is 3. The first-order valence-electron chi connectivity index (χ1n) is 5.12. The molecule has 0 aliphatic heterocycles. The first-order chi connectivity index (χ1) is 7.63. The lowest BCUT2D eigenvalue weighted by molar-refractivity contribution is 0.478. The second kappa shape index (κ2) is 3.84. The average Bonchev–Trinajstić information content (AvgIpc) is 2.63. The van der Waals surface area contributed by atoms with Gasteiger partial charge in [-0.1, -0.05) is 0 Å². The summed E-state index contributed by atoms with van der Waals surface area (Å²) in [5.74, 6) is 1.67. The fourth-order valence-electron chi connectivity index (χ4n) is 1.66. The Hall–Kier alpha value is -2.04. The number of hydrogen-bond donors (Lipinski definition) is 2. The van der Waals surface area contributed by atoms with Crippen LogP contribution in [0.1, 0.15) is 12.7 Å². The van der Waals surface area contributed by atoms with Gasteiger partial charge in [0.05, 0.1) is 5.69 Å². The van der Waals surface area contributed by atoms with Crippen molar-refractivity contribution >= 4 is 5.69 Å². The predicted molar refractivity (Wildman–Crippen MR) is 61.9 cm³/mol. The quantitative estimate of drug-likeness (QED) is 0.592. The van der Waals surface area contributed by atoms with E-state index in [9.17, 15) is 5.11 Å². The van der Waals surface area contributed by atoms with Gasteiger partial charge in [0.1, 0.15) is 11.6 Å². The van der Waals surface area contributed by atoms with E-state index in [0.717, 1.165) is 23.8 Å². The number of hydrogen-bond acceptors (Lipinski definition) is 4. The summed E-state index contributed by atoms with van der Waals surface area (Å²) in [5, 5.41) is 17.7. The normalized spacial score (nSPS) is 10.6. The van der Waals surface area contributed by atoms with Crippen LogP contribution in [0.5, 0.6) is 5.75 Å². The molecule has 0 saturated heterocycles. The molecule has 0 amide bonds. The molecule has 3 N–H and O–H groups in total. The lowest BCUT2D eigenvalue weighted by Crippen LogP contribution is -2.00. The average molecular weight is 218 g/mol. The van der Waals surface area contributed by atoms with Crippen LogP contribution in [0, 0.1) is 6.92 Å². The van der Waals surface area contributed by atoms with Gasteiger partial charge in [0.15, 0.2) is 5.82 Å². The summed E-state index contributed by atoms with van der Waals surface area (Å²) >= 11 is 0. The van der Waals surface area contributed by atoms with E-state index in [0.29, 0.717) is 5.69 Å². The number of anilines is 1. The van der Waals surface area contributed by atoms with Crippen LogP contribution in [0.25, 0.3) is 11.4 Å². The molecule has 0 fully saturated rings. The third-order valence-corrected chi connectivity index (χ3v) is 2.54. The third-order valence-electron chi connectivity index (χ3n) is 2.54. The van der Waals surface area contributed by atoms with Crippen LogP contribution in [0.4, 0.5) is 5.69 Å². The molecule has 1 aromatic heterocycles. The topological polar surface area (TPSA) is 77.0 Å². The van der Waals surface area contributed by atoms with Gasteiger partial charge >= 0.3 is 0 Å². The van der Waals surface area contributed by atoms with E-state index < -0.39 is 0 Å². The van der Waals surface area contributed by atoms with Gasteiger partial charge in [-0.05, 0) is 32.0 Å². The summed E-state index contributed by atoms with van der Waals surface area (Å²) in [6.45, 7) is 4.72. The number of aryl methyl sites for hydroxylation is 1. The van der Waals surface area contributed by atoms with Crippen molar-refractivity contribution in [1.29, 1.82) is 0 Å². The highest BCUT2D eigenvalue weighted by atomic mass is 16.3. The Morgan fingerprint density at radius 1 is 1.38 bits per heavy atom. The Bertz CT molecular complexity index is 519. The SMILES string of the molecule is CCn1c(C)nnc1-c1ccc(N)c(O)c1. The maximum atomic E-state index is 9.55. The molecule has 0 atom stereocenters. The molecular formula is C11H14N4O. The van der Waals surface area contributed by atoms with Gasteiger partial charge in [-0.2, -0.15) is 0 Å². The maximum absolute atomic E-state index is 9.55. The fraction of sp³-hybridized carbons (Fsp3) is 0.273. The van der Waals surface area contributed by atoms with Crippen molar-refractivity contribution in [1.82, 2.24) is 14.8 Å². The van der Waals surface area contributed by atoms with Crippen molar-refractivity contribution in [2.75, 3.05) is 5.73 Å². The van der Waals surface area contributed by atoms with Gasteiger partial charge in [-0.25, -0.2) is 0 Å². The van der Waals surface area contributed by atoms with Crippen LogP contribution in [-0.2, 0) is 6.54 Å². The smallest absolute Gasteiger partial charge is 0.164 e. The van der Waals surface area contributed by atoms with Crippen molar-refractivity contribution in [2.24, 2.45) is 0 Å². The second-order valence-corrected chi connectivity index (χ2v) is 3.59. The molecule has 2 aromatic rings. The number of nitrogens with two attached hydrogens (primary N) is 1. The summed E-state index contributed by atoms with van der Waals surface area (Å²) in [5.41, 5.74) is 6.73. The molecule has 0 aliphatic rings. The molecule has 5 nitrogen and oxygen atoms in total. The Balaban J connectivity index is 2.54. The zero-order valence-corrected chi connectivity index (χ0v) is 9.31. The molecule has 0 saturated carbocycles. The molecule has 0 spiro atoms. The van der Waals surface area contributed by atoms with E-state index in [2.05, 4.69) is 10.2 Å². The standard InChI is InChI=1S/C11H14N4O/c1-3-15-7(2)13-14-11(15)8-4-5-9(12)10(16)6-8/h4-6,16H,3,12H2,1-2H3. The third kappa shape index (κ3) is 1.60. The number of nitrogen functional groups attached to an aromatic ring is 1. The summed E-state index contributed by atoms with van der Waals surface area (Å²) in [4.78, 5) is 0. The Morgan fingerprint density at radius 2 is 2.12 bits per heavy atom. The Kier molecular flexibility index (Phi) is 2.52. The van der Waals surface area contributed by atoms with Crippen LogP contribution in [0.3, 0.4) is 0 Å². The number of phenolic OH excluding ortho intramolecular Hbond substituents is 1. The lowest BCUT2D eigenvalue weighted by Gasteiger charge is -2.06. The Morgan fingerprint density at radius 3 is 2.75 bits per heavy atom. The molecular weight excluding hydrogens is 204 g/mol. The highest BCUT2D eigenvalue weighted by Crippen LogP contribution is 2.27. The maximum Gasteiger partial charge on any atom is 0.164 e. The number of aromatic hydroxyl groups is 1. The van der Waals surface area contributed by atoms with Crippen LogP contribution in [0.15, 0.2) is 18.2 Å². The van der Waals surface area contributed by atoms with E-state index in [1.165, 1.54) is 0 Å². The molecule has 1 aromatic carbocycles. The van der Waals surface area contributed by atoms with Crippen LogP contribution >= 0.6 is 0 Å². The van der Waals surface area contributed by atoms with Gasteiger partial charge in [-0.3, -0.25) is 0 Å². The number of nitrogens with zero attached hydrogens (tertiary/aromatic N) is 3. The molecule has 16 heavy (non-hydrogen) atoms. The van der Waals surface area contributed by atoms with E-state index in [1.807, 2.05) is 24.5 Å². The van der Waals surface area contributed by atoms with Crippen molar-refractivity contribution < 1.29 is 5.11 Å². The second-order valence-electron chi connectivity index (χ2n) is 3.59. The van der Waals surface area contributed by atoms with Crippen molar-refractivity contribution in [3.05, 3.63) is 24.0 Å². The molecule has 84 valence electrons. The highest BCUT2D eigenvalue weighted by molar-refractivity contribution is 5.65. The monoisotopic (exact) mass is 218 g/mol. The summed E-state index contributed by atoms with van der Waals surface area (Å²) in [7, 11) is 0. The minimum atomic E-state index is 0.0702. The first kappa shape index (κ1) is 10.5. The zero-order valence-electron chi connectivity index (χ0n) is 9.31. The number of phenols is 1. The van der Waals surface area contributed by atoms with E-state index in [1.54, 1.807) is 12.1 Å². The molecule has 0 unspecified atom stereocenters. The molecule has 1 heterocycles. The zero-order chi connectivity index (χ0) is 11.7. The van der Waals surface area contributed by atoms with Gasteiger partial charge in [0, 0.05) is 12.1 Å². The van der Waals surface area contributed by atoms with Gasteiger partial charge < -0.3 is 15.4 Å². The predicted octanol–water partition coefficient (Wildman–Crippen LogP) is 1.56. The highest BCUT2D eigenvalue weighted by Gasteiger charge is 2.10.